The zero-order chi connectivity index (χ0) is 15.9. The molecule has 0 aliphatic carbocycles. The molecule has 0 unspecified atom stereocenters. The van der Waals surface area contributed by atoms with Gasteiger partial charge in [-0.1, -0.05) is 12.1 Å². The van der Waals surface area contributed by atoms with Crippen LogP contribution in [0.1, 0.15) is 17.3 Å². The van der Waals surface area contributed by atoms with Gasteiger partial charge in [0.2, 0.25) is 5.91 Å². The first kappa shape index (κ1) is 15.6. The van der Waals surface area contributed by atoms with Crippen LogP contribution in [-0.4, -0.2) is 29.9 Å². The second kappa shape index (κ2) is 7.31. The average molecular weight is 301 g/mol. The van der Waals surface area contributed by atoms with Gasteiger partial charge in [-0.25, -0.2) is 4.39 Å². The topological polar surface area (TPSA) is 62.3 Å². The Hall–Kier alpha value is -2.76. The van der Waals surface area contributed by atoms with E-state index in [1.54, 1.807) is 30.5 Å². The van der Waals surface area contributed by atoms with E-state index in [4.69, 9.17) is 0 Å². The van der Waals surface area contributed by atoms with Gasteiger partial charge in [-0.3, -0.25) is 14.6 Å². The molecule has 0 spiro atoms. The predicted octanol–water partition coefficient (Wildman–Crippen LogP) is 2.00. The minimum Gasteiger partial charge on any atom is -0.350 e. The second-order valence-electron chi connectivity index (χ2n) is 4.62. The second-order valence-corrected chi connectivity index (χ2v) is 4.62. The number of hydrogen-bond acceptors (Lipinski definition) is 3. The first-order valence-electron chi connectivity index (χ1n) is 6.80. The molecule has 114 valence electrons. The highest BCUT2D eigenvalue weighted by Gasteiger charge is 2.15. The Balaban J connectivity index is 1.98. The highest BCUT2D eigenvalue weighted by molar-refractivity contribution is 5.94. The molecule has 2 rings (SSSR count). The molecule has 0 bridgehead atoms. The fourth-order valence-electron chi connectivity index (χ4n) is 2.00. The lowest BCUT2D eigenvalue weighted by atomic mass is 10.2. The molecule has 0 saturated carbocycles. The maximum absolute atomic E-state index is 13.8. The SMILES string of the molecule is CC(=O)N(CCNC(=O)c1cccnc1)c1ccccc1F. The van der Waals surface area contributed by atoms with Crippen molar-refractivity contribution in [2.75, 3.05) is 18.0 Å². The molecule has 2 amide bonds. The summed E-state index contributed by atoms with van der Waals surface area (Å²) in [6.45, 7) is 1.75. The van der Waals surface area contributed by atoms with Crippen molar-refractivity contribution in [1.82, 2.24) is 10.3 Å². The summed E-state index contributed by atoms with van der Waals surface area (Å²) in [6.07, 6.45) is 3.03. The van der Waals surface area contributed by atoms with Gasteiger partial charge in [-0.05, 0) is 24.3 Å². The van der Waals surface area contributed by atoms with Crippen LogP contribution in [0, 0.1) is 5.82 Å². The maximum atomic E-state index is 13.8. The minimum absolute atomic E-state index is 0.183. The third-order valence-corrected chi connectivity index (χ3v) is 3.07. The van der Waals surface area contributed by atoms with Gasteiger partial charge in [0, 0.05) is 32.4 Å². The average Bonchev–Trinajstić information content (AvgIpc) is 2.53. The molecule has 6 heteroatoms. The van der Waals surface area contributed by atoms with Gasteiger partial charge in [0.1, 0.15) is 5.82 Å². The van der Waals surface area contributed by atoms with Crippen molar-refractivity contribution in [3.63, 3.8) is 0 Å². The highest BCUT2D eigenvalue weighted by Crippen LogP contribution is 2.18. The summed E-state index contributed by atoms with van der Waals surface area (Å²) in [5.41, 5.74) is 0.633. The number of amides is 2. The number of rotatable bonds is 5. The minimum atomic E-state index is -0.476. The molecular weight excluding hydrogens is 285 g/mol. The number of para-hydroxylation sites is 1. The molecule has 0 aliphatic heterocycles. The Bertz CT molecular complexity index is 661. The number of halogens is 1. The van der Waals surface area contributed by atoms with Crippen LogP contribution in [0.2, 0.25) is 0 Å². The first-order chi connectivity index (χ1) is 10.6. The maximum Gasteiger partial charge on any atom is 0.252 e. The van der Waals surface area contributed by atoms with Crippen molar-refractivity contribution in [3.8, 4) is 0 Å². The molecule has 0 fully saturated rings. The third kappa shape index (κ3) is 3.88. The van der Waals surface area contributed by atoms with Gasteiger partial charge >= 0.3 is 0 Å². The number of carbonyl (C=O) groups is 2. The van der Waals surface area contributed by atoms with E-state index < -0.39 is 5.82 Å². The van der Waals surface area contributed by atoms with Crippen LogP contribution in [0.3, 0.4) is 0 Å². The summed E-state index contributed by atoms with van der Waals surface area (Å²) in [6, 6.07) is 9.33. The summed E-state index contributed by atoms with van der Waals surface area (Å²) in [5, 5.41) is 2.68. The monoisotopic (exact) mass is 301 g/mol. The lowest BCUT2D eigenvalue weighted by molar-refractivity contribution is -0.116. The fraction of sp³-hybridized carbons (Fsp3) is 0.188. The van der Waals surface area contributed by atoms with Crippen LogP contribution in [0.15, 0.2) is 48.8 Å². The molecule has 2 aromatic rings. The molecule has 5 nitrogen and oxygen atoms in total. The van der Waals surface area contributed by atoms with Crippen LogP contribution >= 0.6 is 0 Å². The summed E-state index contributed by atoms with van der Waals surface area (Å²) in [5.74, 6) is -1.05. The summed E-state index contributed by atoms with van der Waals surface area (Å²) in [7, 11) is 0. The Morgan fingerprint density at radius 3 is 2.64 bits per heavy atom. The highest BCUT2D eigenvalue weighted by atomic mass is 19.1. The normalized spacial score (nSPS) is 10.1. The van der Waals surface area contributed by atoms with Gasteiger partial charge in [0.25, 0.3) is 5.91 Å². The molecule has 0 saturated heterocycles. The van der Waals surface area contributed by atoms with E-state index in [1.807, 2.05) is 0 Å². The molecule has 1 aromatic heterocycles. The molecular formula is C16H16FN3O2. The Kier molecular flexibility index (Phi) is 5.19. The smallest absolute Gasteiger partial charge is 0.252 e. The Labute approximate surface area is 127 Å². The van der Waals surface area contributed by atoms with Crippen molar-refractivity contribution in [2.24, 2.45) is 0 Å². The van der Waals surface area contributed by atoms with E-state index in [9.17, 15) is 14.0 Å². The van der Waals surface area contributed by atoms with Crippen molar-refractivity contribution < 1.29 is 14.0 Å². The number of nitrogens with one attached hydrogen (secondary N) is 1. The van der Waals surface area contributed by atoms with Crippen molar-refractivity contribution in [1.29, 1.82) is 0 Å². The zero-order valence-electron chi connectivity index (χ0n) is 12.1. The number of benzene rings is 1. The van der Waals surface area contributed by atoms with Crippen LogP contribution < -0.4 is 10.2 Å². The molecule has 1 aromatic carbocycles. The largest absolute Gasteiger partial charge is 0.350 e. The number of nitrogens with zero attached hydrogens (tertiary/aromatic N) is 2. The molecule has 1 heterocycles. The van der Waals surface area contributed by atoms with Gasteiger partial charge < -0.3 is 10.2 Å². The fourth-order valence-corrected chi connectivity index (χ4v) is 2.00. The van der Waals surface area contributed by atoms with Gasteiger partial charge in [0.05, 0.1) is 11.3 Å². The number of anilines is 1. The van der Waals surface area contributed by atoms with Crippen molar-refractivity contribution in [3.05, 3.63) is 60.2 Å². The lowest BCUT2D eigenvalue weighted by Gasteiger charge is -2.21. The van der Waals surface area contributed by atoms with Crippen LogP contribution in [-0.2, 0) is 4.79 Å². The Morgan fingerprint density at radius 2 is 2.00 bits per heavy atom. The van der Waals surface area contributed by atoms with Gasteiger partial charge in [-0.2, -0.15) is 0 Å². The van der Waals surface area contributed by atoms with Crippen molar-refractivity contribution in [2.45, 2.75) is 6.92 Å². The number of hydrogen-bond donors (Lipinski definition) is 1. The predicted molar refractivity (Wildman–Crippen MR) is 81.0 cm³/mol. The van der Waals surface area contributed by atoms with E-state index in [0.29, 0.717) is 5.56 Å². The summed E-state index contributed by atoms with van der Waals surface area (Å²) < 4.78 is 13.8. The summed E-state index contributed by atoms with van der Waals surface area (Å²) >= 11 is 0. The number of aromatic nitrogens is 1. The van der Waals surface area contributed by atoms with E-state index in [2.05, 4.69) is 10.3 Å². The standard InChI is InChI=1S/C16H16FN3O2/c1-12(21)20(15-7-3-2-6-14(15)17)10-9-19-16(22)13-5-4-8-18-11-13/h2-8,11H,9-10H2,1H3,(H,19,22). The summed E-state index contributed by atoms with van der Waals surface area (Å²) in [4.78, 5) is 28.7. The number of carbonyl (C=O) groups excluding carboxylic acids is 2. The van der Waals surface area contributed by atoms with E-state index in [1.165, 1.54) is 30.2 Å². The van der Waals surface area contributed by atoms with E-state index >= 15 is 0 Å². The molecule has 0 atom stereocenters. The molecule has 22 heavy (non-hydrogen) atoms. The van der Waals surface area contributed by atoms with E-state index in [-0.39, 0.29) is 30.6 Å². The Morgan fingerprint density at radius 1 is 1.23 bits per heavy atom. The quantitative estimate of drug-likeness (QED) is 0.919. The van der Waals surface area contributed by atoms with Crippen LogP contribution in [0.4, 0.5) is 10.1 Å². The van der Waals surface area contributed by atoms with Crippen LogP contribution in [0.25, 0.3) is 0 Å². The van der Waals surface area contributed by atoms with Gasteiger partial charge in [0.15, 0.2) is 0 Å². The number of pyridine rings is 1. The lowest BCUT2D eigenvalue weighted by Crippen LogP contribution is -2.38. The van der Waals surface area contributed by atoms with Crippen LogP contribution in [0.5, 0.6) is 0 Å². The van der Waals surface area contributed by atoms with E-state index in [0.717, 1.165) is 0 Å². The van der Waals surface area contributed by atoms with Gasteiger partial charge in [-0.15, -0.1) is 0 Å². The van der Waals surface area contributed by atoms with Crippen molar-refractivity contribution >= 4 is 17.5 Å². The first-order valence-corrected chi connectivity index (χ1v) is 6.80. The zero-order valence-corrected chi connectivity index (χ0v) is 12.1. The molecule has 0 aliphatic rings. The molecule has 0 radical (unpaired) electrons. The third-order valence-electron chi connectivity index (χ3n) is 3.07. The molecule has 1 N–H and O–H groups in total.